The lowest BCUT2D eigenvalue weighted by Gasteiger charge is -2.30. The Labute approximate surface area is 138 Å². The molecule has 1 fully saturated rings. The highest BCUT2D eigenvalue weighted by molar-refractivity contribution is 8.06. The third-order valence-electron chi connectivity index (χ3n) is 4.08. The van der Waals surface area contributed by atoms with Crippen LogP contribution >= 0.6 is 23.5 Å². The van der Waals surface area contributed by atoms with Crippen molar-refractivity contribution < 1.29 is 0 Å². The maximum atomic E-state index is 4.78. The Morgan fingerprint density at radius 2 is 2.29 bits per heavy atom. The van der Waals surface area contributed by atoms with Crippen molar-refractivity contribution in [2.24, 2.45) is 0 Å². The van der Waals surface area contributed by atoms with Gasteiger partial charge in [-0.1, -0.05) is 13.8 Å². The summed E-state index contributed by atoms with van der Waals surface area (Å²) in [7, 11) is 0. The molecule has 0 saturated carbocycles. The number of nitrogens with one attached hydrogen (secondary N) is 1. The first-order chi connectivity index (χ1) is 10.2. The number of nitrogens with zero attached hydrogens (tertiary/aromatic N) is 2. The van der Waals surface area contributed by atoms with Crippen molar-refractivity contribution in [3.05, 3.63) is 18.0 Å². The van der Waals surface area contributed by atoms with Crippen molar-refractivity contribution in [1.82, 2.24) is 15.1 Å². The van der Waals surface area contributed by atoms with Gasteiger partial charge in [-0.05, 0) is 32.4 Å². The molecule has 2 rings (SSSR count). The SMILES string of the molecule is CCCNC(Cc1ccn(C(C)CC)n1)C1CSCCS1. The summed E-state index contributed by atoms with van der Waals surface area (Å²) in [5.41, 5.74) is 1.24. The minimum Gasteiger partial charge on any atom is -0.312 e. The maximum absolute atomic E-state index is 4.78. The molecular formula is C16H29N3S2. The van der Waals surface area contributed by atoms with Gasteiger partial charge >= 0.3 is 0 Å². The lowest BCUT2D eigenvalue weighted by molar-refractivity contribution is 0.461. The molecule has 0 amide bonds. The molecule has 0 aromatic carbocycles. The van der Waals surface area contributed by atoms with Gasteiger partial charge in [-0.3, -0.25) is 4.68 Å². The summed E-state index contributed by atoms with van der Waals surface area (Å²) < 4.78 is 2.12. The molecule has 1 aliphatic heterocycles. The Morgan fingerprint density at radius 3 is 2.95 bits per heavy atom. The van der Waals surface area contributed by atoms with E-state index in [9.17, 15) is 0 Å². The van der Waals surface area contributed by atoms with E-state index in [-0.39, 0.29) is 0 Å². The zero-order valence-electron chi connectivity index (χ0n) is 13.5. The van der Waals surface area contributed by atoms with Gasteiger partial charge in [0.05, 0.1) is 5.69 Å². The first kappa shape index (κ1) is 17.2. The van der Waals surface area contributed by atoms with Gasteiger partial charge in [0.1, 0.15) is 0 Å². The molecule has 2 heterocycles. The van der Waals surface area contributed by atoms with Gasteiger partial charge in [-0.15, -0.1) is 0 Å². The van der Waals surface area contributed by atoms with Crippen molar-refractivity contribution in [3.8, 4) is 0 Å². The molecule has 120 valence electrons. The summed E-state index contributed by atoms with van der Waals surface area (Å²) in [6.45, 7) is 7.80. The van der Waals surface area contributed by atoms with Crippen LogP contribution in [0, 0.1) is 0 Å². The number of thioether (sulfide) groups is 2. The molecule has 1 aromatic rings. The molecule has 3 nitrogen and oxygen atoms in total. The van der Waals surface area contributed by atoms with Gasteiger partial charge in [0.15, 0.2) is 0 Å². The predicted molar refractivity (Wildman–Crippen MR) is 96.6 cm³/mol. The van der Waals surface area contributed by atoms with Crippen LogP contribution < -0.4 is 5.32 Å². The minimum atomic E-state index is 0.500. The van der Waals surface area contributed by atoms with Crippen LogP contribution in [0.15, 0.2) is 12.3 Å². The van der Waals surface area contributed by atoms with E-state index >= 15 is 0 Å². The van der Waals surface area contributed by atoms with Gasteiger partial charge in [-0.25, -0.2) is 0 Å². The minimum absolute atomic E-state index is 0.500. The topological polar surface area (TPSA) is 29.9 Å². The molecule has 1 saturated heterocycles. The molecule has 1 N–H and O–H groups in total. The second-order valence-corrected chi connectivity index (χ2v) is 8.29. The Morgan fingerprint density at radius 1 is 1.43 bits per heavy atom. The summed E-state index contributed by atoms with van der Waals surface area (Å²) in [5.74, 6) is 3.88. The van der Waals surface area contributed by atoms with E-state index in [0.717, 1.165) is 24.6 Å². The first-order valence-electron chi connectivity index (χ1n) is 8.21. The number of hydrogen-bond donors (Lipinski definition) is 1. The number of hydrogen-bond acceptors (Lipinski definition) is 4. The molecule has 0 radical (unpaired) electrons. The lowest BCUT2D eigenvalue weighted by Crippen LogP contribution is -2.43. The van der Waals surface area contributed by atoms with Gasteiger partial charge in [0.25, 0.3) is 0 Å². The number of rotatable bonds is 8. The Bertz CT molecular complexity index is 402. The average Bonchev–Trinajstić information content (AvgIpc) is 3.00. The largest absolute Gasteiger partial charge is 0.312 e. The summed E-state index contributed by atoms with van der Waals surface area (Å²) in [6.07, 6.45) is 5.53. The van der Waals surface area contributed by atoms with Crippen LogP contribution in [0.3, 0.4) is 0 Å². The predicted octanol–water partition coefficient (Wildman–Crippen LogP) is 3.61. The van der Waals surface area contributed by atoms with Crippen LogP contribution in [-0.4, -0.2) is 44.9 Å². The van der Waals surface area contributed by atoms with Crippen molar-refractivity contribution in [2.45, 2.75) is 57.4 Å². The van der Waals surface area contributed by atoms with E-state index in [1.807, 2.05) is 0 Å². The zero-order chi connectivity index (χ0) is 15.1. The third-order valence-corrected chi connectivity index (χ3v) is 7.00. The summed E-state index contributed by atoms with van der Waals surface area (Å²) in [6, 6.07) is 3.26. The molecule has 1 aliphatic rings. The molecular weight excluding hydrogens is 298 g/mol. The van der Waals surface area contributed by atoms with Gasteiger partial charge in [0, 0.05) is 47.2 Å². The van der Waals surface area contributed by atoms with Crippen LogP contribution in [0.2, 0.25) is 0 Å². The van der Waals surface area contributed by atoms with Crippen LogP contribution in [0.25, 0.3) is 0 Å². The summed E-state index contributed by atoms with van der Waals surface area (Å²) in [4.78, 5) is 0. The summed E-state index contributed by atoms with van der Waals surface area (Å²) >= 11 is 4.24. The van der Waals surface area contributed by atoms with Gasteiger partial charge in [-0.2, -0.15) is 28.6 Å². The number of aromatic nitrogens is 2. The van der Waals surface area contributed by atoms with Crippen molar-refractivity contribution >= 4 is 23.5 Å². The molecule has 3 atom stereocenters. The van der Waals surface area contributed by atoms with Crippen LogP contribution in [0.4, 0.5) is 0 Å². The molecule has 0 spiro atoms. The van der Waals surface area contributed by atoms with Crippen LogP contribution in [0.1, 0.15) is 45.3 Å². The van der Waals surface area contributed by atoms with E-state index in [4.69, 9.17) is 5.10 Å². The zero-order valence-corrected chi connectivity index (χ0v) is 15.2. The van der Waals surface area contributed by atoms with Crippen molar-refractivity contribution in [3.63, 3.8) is 0 Å². The lowest BCUT2D eigenvalue weighted by atomic mass is 10.1. The second kappa shape index (κ2) is 9.11. The van der Waals surface area contributed by atoms with E-state index in [1.54, 1.807) is 0 Å². The van der Waals surface area contributed by atoms with E-state index in [1.165, 1.54) is 29.4 Å². The average molecular weight is 328 g/mol. The maximum Gasteiger partial charge on any atom is 0.0640 e. The Hall–Kier alpha value is -0.130. The highest BCUT2D eigenvalue weighted by Crippen LogP contribution is 2.27. The van der Waals surface area contributed by atoms with Gasteiger partial charge < -0.3 is 5.32 Å². The van der Waals surface area contributed by atoms with E-state index in [0.29, 0.717) is 12.1 Å². The third kappa shape index (κ3) is 5.22. The monoisotopic (exact) mass is 327 g/mol. The van der Waals surface area contributed by atoms with Gasteiger partial charge in [0.2, 0.25) is 0 Å². The van der Waals surface area contributed by atoms with Crippen LogP contribution in [-0.2, 0) is 6.42 Å². The van der Waals surface area contributed by atoms with Crippen LogP contribution in [0.5, 0.6) is 0 Å². The molecule has 0 aliphatic carbocycles. The Kier molecular flexibility index (Phi) is 7.47. The first-order valence-corrected chi connectivity index (χ1v) is 10.4. The molecule has 3 unspecified atom stereocenters. The molecule has 1 aromatic heterocycles. The normalized spacial score (nSPS) is 22.1. The fourth-order valence-electron chi connectivity index (χ4n) is 2.55. The molecule has 5 heteroatoms. The smallest absolute Gasteiger partial charge is 0.0640 e. The van der Waals surface area contributed by atoms with E-state index in [2.05, 4.69) is 66.6 Å². The fourth-order valence-corrected chi connectivity index (χ4v) is 5.44. The molecule has 0 bridgehead atoms. The quantitative estimate of drug-likeness (QED) is 0.790. The Balaban J connectivity index is 1.98. The highest BCUT2D eigenvalue weighted by atomic mass is 32.2. The molecule has 21 heavy (non-hydrogen) atoms. The van der Waals surface area contributed by atoms with E-state index < -0.39 is 0 Å². The second-order valence-electron chi connectivity index (χ2n) is 5.79. The fraction of sp³-hybridized carbons (Fsp3) is 0.812. The van der Waals surface area contributed by atoms with Crippen molar-refractivity contribution in [1.29, 1.82) is 0 Å². The summed E-state index contributed by atoms with van der Waals surface area (Å²) in [5, 5.41) is 9.27. The standard InChI is InChI=1S/C16H29N3S2/c1-4-7-17-15(16-12-20-9-10-21-16)11-14-6-8-19(18-14)13(3)5-2/h6,8,13,15-17H,4-5,7,9-12H2,1-3H3. The highest BCUT2D eigenvalue weighted by Gasteiger charge is 2.25. The van der Waals surface area contributed by atoms with Crippen molar-refractivity contribution in [2.75, 3.05) is 23.8 Å².